The number of alkyl halides is 3. The number of carboxylic acid groups (broad SMARTS) is 2. The van der Waals surface area contributed by atoms with Crippen LogP contribution >= 0.6 is 22.6 Å². The van der Waals surface area contributed by atoms with Gasteiger partial charge < -0.3 is 20.9 Å². The molecular weight excluding hydrogens is 460 g/mol. The van der Waals surface area contributed by atoms with Gasteiger partial charge in [0.2, 0.25) is 0 Å². The molecule has 132 valence electrons. The number of aromatic carboxylic acids is 2. The quantitative estimate of drug-likeness (QED) is 0.512. The number of nitrogens with two attached hydrogens (primary N) is 1. The molecule has 2 rings (SSSR count). The van der Waals surface area contributed by atoms with Crippen molar-refractivity contribution in [3.05, 3.63) is 48.8 Å². The summed E-state index contributed by atoms with van der Waals surface area (Å²) in [5.74, 6) is -4.16. The van der Waals surface area contributed by atoms with Gasteiger partial charge in [-0.25, -0.2) is 9.59 Å². The third-order valence-electron chi connectivity index (χ3n) is 3.25. The second kappa shape index (κ2) is 6.38. The fourth-order valence-corrected chi connectivity index (χ4v) is 3.20. The normalized spacial score (nSPS) is 11.4. The molecule has 11 heteroatoms. The summed E-state index contributed by atoms with van der Waals surface area (Å²) < 4.78 is 38.8. The van der Waals surface area contributed by atoms with E-state index in [1.165, 1.54) is 22.6 Å². The van der Waals surface area contributed by atoms with E-state index in [0.717, 1.165) is 18.2 Å². The zero-order valence-electron chi connectivity index (χ0n) is 11.9. The smallest absolute Gasteiger partial charge is 0.417 e. The standard InChI is InChI=1S/C14H8F3IN2O5/c15-14(16,17)5-3-1-2-4(9(5)18)6-7(12(22)23)10(19)20-11(21)8(6)13(24)25/h1-3H,(H,22,23)(H,24,25)(H3,19,20,21). The number of aromatic nitrogens is 1. The van der Waals surface area contributed by atoms with Crippen LogP contribution in [0.5, 0.6) is 0 Å². The molecule has 0 unspecified atom stereocenters. The van der Waals surface area contributed by atoms with Crippen LogP contribution in [0.2, 0.25) is 0 Å². The molecule has 0 saturated heterocycles. The van der Waals surface area contributed by atoms with Crippen molar-refractivity contribution in [2.75, 3.05) is 5.73 Å². The van der Waals surface area contributed by atoms with Crippen LogP contribution in [0.1, 0.15) is 26.3 Å². The number of halogens is 4. The Morgan fingerprint density at radius 3 is 2.16 bits per heavy atom. The van der Waals surface area contributed by atoms with Crippen LogP contribution in [0, 0.1) is 3.57 Å². The molecule has 0 spiro atoms. The highest BCUT2D eigenvalue weighted by Crippen LogP contribution is 2.39. The number of nitrogen functional groups attached to an aromatic ring is 1. The number of hydrogen-bond donors (Lipinski definition) is 4. The lowest BCUT2D eigenvalue weighted by molar-refractivity contribution is -0.138. The van der Waals surface area contributed by atoms with E-state index >= 15 is 0 Å². The predicted molar refractivity (Wildman–Crippen MR) is 88.5 cm³/mol. The van der Waals surface area contributed by atoms with E-state index in [4.69, 9.17) is 5.73 Å². The van der Waals surface area contributed by atoms with E-state index < -0.39 is 55.3 Å². The maximum absolute atomic E-state index is 13.1. The van der Waals surface area contributed by atoms with Crippen LogP contribution in [-0.4, -0.2) is 27.1 Å². The summed E-state index contributed by atoms with van der Waals surface area (Å²) in [5.41, 5.74) is 0.263. The van der Waals surface area contributed by atoms with E-state index in [9.17, 15) is 37.8 Å². The second-order valence-electron chi connectivity index (χ2n) is 4.77. The molecule has 5 N–H and O–H groups in total. The molecule has 1 heterocycles. The molecule has 0 bridgehead atoms. The first-order chi connectivity index (χ1) is 11.5. The molecule has 7 nitrogen and oxygen atoms in total. The van der Waals surface area contributed by atoms with Crippen molar-refractivity contribution in [1.29, 1.82) is 0 Å². The monoisotopic (exact) mass is 468 g/mol. The predicted octanol–water partition coefficient (Wildman–Crippen LogP) is 2.64. The number of carboxylic acids is 2. The SMILES string of the molecule is Nc1[nH]c(=O)c(C(=O)O)c(-c2cccc(C(F)(F)F)c2I)c1C(=O)O. The van der Waals surface area contributed by atoms with Crippen LogP contribution in [0.4, 0.5) is 19.0 Å². The van der Waals surface area contributed by atoms with E-state index in [1.807, 2.05) is 4.98 Å². The molecule has 0 fully saturated rings. The van der Waals surface area contributed by atoms with E-state index in [0.29, 0.717) is 0 Å². The third-order valence-corrected chi connectivity index (χ3v) is 4.41. The van der Waals surface area contributed by atoms with Crippen molar-refractivity contribution < 1.29 is 33.0 Å². The van der Waals surface area contributed by atoms with Crippen LogP contribution in [0.15, 0.2) is 23.0 Å². The van der Waals surface area contributed by atoms with Crippen LogP contribution < -0.4 is 11.3 Å². The summed E-state index contributed by atoms with van der Waals surface area (Å²) in [7, 11) is 0. The molecule has 0 saturated carbocycles. The number of nitrogens with one attached hydrogen (secondary N) is 1. The average molecular weight is 468 g/mol. The Balaban J connectivity index is 3.05. The Hall–Kier alpha value is -2.57. The number of H-pyrrole nitrogens is 1. The Kier molecular flexibility index (Phi) is 4.79. The molecular formula is C14H8F3IN2O5. The molecule has 2 aromatic rings. The first kappa shape index (κ1) is 18.8. The maximum atomic E-state index is 13.1. The van der Waals surface area contributed by atoms with E-state index in [1.54, 1.807) is 0 Å². The highest BCUT2D eigenvalue weighted by Gasteiger charge is 2.35. The van der Waals surface area contributed by atoms with Gasteiger partial charge in [-0.3, -0.25) is 4.79 Å². The van der Waals surface area contributed by atoms with E-state index in [2.05, 4.69) is 0 Å². The number of carbonyl (C=O) groups is 2. The lowest BCUT2D eigenvalue weighted by Crippen LogP contribution is -2.24. The van der Waals surface area contributed by atoms with Gasteiger partial charge in [-0.05, 0) is 34.2 Å². The fraction of sp³-hybridized carbons (Fsp3) is 0.0714. The first-order valence-corrected chi connectivity index (χ1v) is 7.43. The number of pyridine rings is 1. The zero-order valence-corrected chi connectivity index (χ0v) is 14.1. The summed E-state index contributed by atoms with van der Waals surface area (Å²) in [5, 5.41) is 18.6. The second-order valence-corrected chi connectivity index (χ2v) is 5.85. The van der Waals surface area contributed by atoms with Crippen molar-refractivity contribution in [3.63, 3.8) is 0 Å². The lowest BCUT2D eigenvalue weighted by atomic mass is 9.94. The molecule has 0 aliphatic heterocycles. The molecule has 1 aromatic carbocycles. The number of hydrogen-bond acceptors (Lipinski definition) is 4. The molecule has 1 aromatic heterocycles. The van der Waals surface area contributed by atoms with Crippen LogP contribution in [-0.2, 0) is 6.18 Å². The largest absolute Gasteiger partial charge is 0.478 e. The van der Waals surface area contributed by atoms with Crippen molar-refractivity contribution in [1.82, 2.24) is 4.98 Å². The van der Waals surface area contributed by atoms with Crippen molar-refractivity contribution >= 4 is 40.3 Å². The van der Waals surface area contributed by atoms with Crippen molar-refractivity contribution in [2.24, 2.45) is 0 Å². The minimum atomic E-state index is -4.76. The highest BCUT2D eigenvalue weighted by atomic mass is 127. The van der Waals surface area contributed by atoms with Gasteiger partial charge in [-0.15, -0.1) is 0 Å². The van der Waals surface area contributed by atoms with Gasteiger partial charge in [0.1, 0.15) is 16.9 Å². The highest BCUT2D eigenvalue weighted by molar-refractivity contribution is 14.1. The number of aromatic amines is 1. The van der Waals surface area contributed by atoms with Crippen LogP contribution in [0.3, 0.4) is 0 Å². The molecule has 25 heavy (non-hydrogen) atoms. The van der Waals surface area contributed by atoms with Gasteiger partial charge in [-0.1, -0.05) is 12.1 Å². The first-order valence-electron chi connectivity index (χ1n) is 6.35. The van der Waals surface area contributed by atoms with Gasteiger partial charge >= 0.3 is 18.1 Å². The Morgan fingerprint density at radius 2 is 1.68 bits per heavy atom. The third kappa shape index (κ3) is 3.31. The van der Waals surface area contributed by atoms with Gasteiger partial charge in [0.15, 0.2) is 0 Å². The van der Waals surface area contributed by atoms with Gasteiger partial charge in [-0.2, -0.15) is 13.2 Å². The van der Waals surface area contributed by atoms with Gasteiger partial charge in [0.05, 0.1) is 5.56 Å². The maximum Gasteiger partial charge on any atom is 0.417 e. The minimum Gasteiger partial charge on any atom is -0.478 e. The minimum absolute atomic E-state index is 0.372. The number of anilines is 1. The molecule has 0 atom stereocenters. The Labute approximate surface area is 150 Å². The zero-order chi connectivity index (χ0) is 19.1. The summed E-state index contributed by atoms with van der Waals surface area (Å²) in [6.45, 7) is 0. The summed E-state index contributed by atoms with van der Waals surface area (Å²) in [4.78, 5) is 36.7. The molecule has 0 aliphatic rings. The summed E-state index contributed by atoms with van der Waals surface area (Å²) >= 11 is 1.31. The van der Waals surface area contributed by atoms with Crippen molar-refractivity contribution in [2.45, 2.75) is 6.18 Å². The molecule has 0 aliphatic carbocycles. The van der Waals surface area contributed by atoms with Crippen LogP contribution in [0.25, 0.3) is 11.1 Å². The van der Waals surface area contributed by atoms with Crippen molar-refractivity contribution in [3.8, 4) is 11.1 Å². The van der Waals surface area contributed by atoms with E-state index in [-0.39, 0.29) is 5.56 Å². The Morgan fingerprint density at radius 1 is 1.12 bits per heavy atom. The summed E-state index contributed by atoms with van der Waals surface area (Å²) in [6, 6.07) is 2.82. The fourth-order valence-electron chi connectivity index (χ4n) is 2.26. The average Bonchev–Trinajstić information content (AvgIpc) is 2.44. The number of rotatable bonds is 3. The lowest BCUT2D eigenvalue weighted by Gasteiger charge is -2.16. The van der Waals surface area contributed by atoms with Gasteiger partial charge in [0, 0.05) is 9.13 Å². The molecule has 0 radical (unpaired) electrons. The Bertz CT molecular complexity index is 953. The molecule has 0 amide bonds. The summed E-state index contributed by atoms with van der Waals surface area (Å²) in [6.07, 6.45) is -4.76. The van der Waals surface area contributed by atoms with Gasteiger partial charge in [0.25, 0.3) is 5.56 Å². The number of benzene rings is 1. The topological polar surface area (TPSA) is 133 Å².